The third-order valence-electron chi connectivity index (χ3n) is 21.6. The number of hydrogen-bond acceptors (Lipinski definition) is 33. The Kier molecular flexibility index (Phi) is 46.0. The number of unbranched alkanes of at least 4 members (excludes halogenated alkanes) is 20. The predicted molar refractivity (Wildman–Crippen MR) is 400 cm³/mol. The Morgan fingerprint density at radius 1 is 0.435 bits per heavy atom. The van der Waals surface area contributed by atoms with Crippen molar-refractivity contribution < 1.29 is 173 Å². The van der Waals surface area contributed by atoms with E-state index in [-0.39, 0.29) is 69.8 Å². The number of Topliss-reactive ketones (excluding diaryl/α,β-unsaturated/α-hetero) is 1. The van der Waals surface area contributed by atoms with E-state index in [4.69, 9.17) is 56.8 Å². The number of aliphatic carboxylic acids is 2. The van der Waals surface area contributed by atoms with E-state index < -0.39 is 197 Å². The molecule has 0 radical (unpaired) electrons. The molecule has 1 aromatic rings. The second-order valence-electron chi connectivity index (χ2n) is 30.6. The lowest BCUT2D eigenvalue weighted by Crippen LogP contribution is -2.68. The van der Waals surface area contributed by atoms with E-state index in [1.54, 1.807) is 7.11 Å². The van der Waals surface area contributed by atoms with E-state index >= 15 is 0 Å². The largest absolute Gasteiger partial charge is 0.497 e. The summed E-state index contributed by atoms with van der Waals surface area (Å²) in [6, 6.07) is 6.90. The quantitative estimate of drug-likeness (QED) is 0.0340. The van der Waals surface area contributed by atoms with Gasteiger partial charge in [0.2, 0.25) is 11.8 Å². The van der Waals surface area contributed by atoms with Crippen LogP contribution in [0.15, 0.2) is 24.3 Å². The van der Waals surface area contributed by atoms with Crippen molar-refractivity contribution in [1.82, 2.24) is 10.6 Å². The molecule has 37 heteroatoms. The summed E-state index contributed by atoms with van der Waals surface area (Å²) < 4.78 is 66.7. The molecule has 5 saturated heterocycles. The SMILES string of the molecule is CCCCCCCCCCCCCC[C@@H](O)[C@@H](O)[C@H](COC1OC(COCCCCCCCC(=O)CCCCC(=O)NCCOC2OC(CO)C(OC3OC(C(=O)O)C(O)C(OC4OC(CO)C(OC5OC(C(=O)O)C(O)C(O)C5O)C(O)C4O)C3O)C(O)C2O)C(O)C(O)C1O)NC(=O)CCCCCCCc1ccc(OC)cc1. The monoisotopic (exact) mass is 1660 g/mol. The van der Waals surface area contributed by atoms with Crippen molar-refractivity contribution in [3.63, 3.8) is 0 Å². The van der Waals surface area contributed by atoms with Gasteiger partial charge in [-0.15, -0.1) is 0 Å². The van der Waals surface area contributed by atoms with Gasteiger partial charge in [0.05, 0.1) is 52.3 Å². The van der Waals surface area contributed by atoms with Crippen LogP contribution in [0, 0.1) is 0 Å². The zero-order chi connectivity index (χ0) is 84.1. The number of aryl methyl sites for hydroxylation is 1. The average Bonchev–Trinajstić information content (AvgIpc) is 0.769. The molecule has 5 fully saturated rings. The molecule has 0 aromatic heterocycles. The normalized spacial score (nSPS) is 32.6. The van der Waals surface area contributed by atoms with Gasteiger partial charge >= 0.3 is 11.9 Å². The van der Waals surface area contributed by atoms with Crippen molar-refractivity contribution in [3.8, 4) is 5.75 Å². The summed E-state index contributed by atoms with van der Waals surface area (Å²) in [6.45, 7) is -0.495. The number of carboxylic acids is 2. The Morgan fingerprint density at radius 2 is 0.878 bits per heavy atom. The molecule has 20 N–H and O–H groups in total. The summed E-state index contributed by atoms with van der Waals surface area (Å²) in [5.74, 6) is -3.52. The summed E-state index contributed by atoms with van der Waals surface area (Å²) in [4.78, 5) is 62.7. The van der Waals surface area contributed by atoms with E-state index in [9.17, 15) is 116 Å². The summed E-state index contributed by atoms with van der Waals surface area (Å²) >= 11 is 0. The molecule has 37 nitrogen and oxygen atoms in total. The fourth-order valence-corrected chi connectivity index (χ4v) is 14.5. The van der Waals surface area contributed by atoms with Crippen LogP contribution in [0.25, 0.3) is 0 Å². The molecule has 28 atom stereocenters. The van der Waals surface area contributed by atoms with Crippen molar-refractivity contribution in [2.45, 2.75) is 371 Å². The zero-order valence-electron chi connectivity index (χ0n) is 66.1. The van der Waals surface area contributed by atoms with Gasteiger partial charge in [0, 0.05) is 38.8 Å². The zero-order valence-corrected chi connectivity index (χ0v) is 66.1. The molecule has 5 heterocycles. The number of hydrogen-bond donors (Lipinski definition) is 20. The second kappa shape index (κ2) is 53.3. The van der Waals surface area contributed by atoms with Crippen molar-refractivity contribution in [2.24, 2.45) is 0 Å². The predicted octanol–water partition coefficient (Wildman–Crippen LogP) is -1.22. The highest BCUT2D eigenvalue weighted by Gasteiger charge is 2.57. The smallest absolute Gasteiger partial charge is 0.335 e. The average molecular weight is 1660 g/mol. The van der Waals surface area contributed by atoms with Crippen molar-refractivity contribution in [1.29, 1.82) is 0 Å². The minimum Gasteiger partial charge on any atom is -0.497 e. The Morgan fingerprint density at radius 3 is 1.46 bits per heavy atom. The summed E-state index contributed by atoms with van der Waals surface area (Å²) in [5.41, 5.74) is 1.23. The van der Waals surface area contributed by atoms with E-state index in [1.807, 2.05) is 12.1 Å². The number of aliphatic hydroxyl groups is 16. The van der Waals surface area contributed by atoms with Gasteiger partial charge in [-0.3, -0.25) is 14.4 Å². The number of carbonyl (C=O) groups is 5. The third kappa shape index (κ3) is 32.1. The first kappa shape index (κ1) is 99.3. The van der Waals surface area contributed by atoms with Crippen molar-refractivity contribution >= 4 is 29.5 Å². The van der Waals surface area contributed by atoms with E-state index in [1.165, 1.54) is 50.5 Å². The minimum absolute atomic E-state index is 0.0353. The number of carboxylic acid groups (broad SMARTS) is 2. The van der Waals surface area contributed by atoms with Gasteiger partial charge in [-0.2, -0.15) is 0 Å². The second-order valence-corrected chi connectivity index (χ2v) is 30.6. The van der Waals surface area contributed by atoms with Crippen LogP contribution in [-0.2, 0) is 82.5 Å². The number of aliphatic hydroxyl groups excluding tert-OH is 16. The molecule has 25 unspecified atom stereocenters. The fourth-order valence-electron chi connectivity index (χ4n) is 14.5. The van der Waals surface area contributed by atoms with E-state index in [2.05, 4.69) is 29.7 Å². The van der Waals surface area contributed by atoms with Gasteiger partial charge in [-0.25, -0.2) is 9.59 Å². The van der Waals surface area contributed by atoms with Crippen molar-refractivity contribution in [3.05, 3.63) is 29.8 Å². The molecule has 1 aromatic carbocycles. The number of benzene rings is 1. The first-order valence-electron chi connectivity index (χ1n) is 41.1. The fraction of sp³-hybridized carbons (Fsp3) is 0.859. The summed E-state index contributed by atoms with van der Waals surface area (Å²) in [7, 11) is 1.63. The van der Waals surface area contributed by atoms with Gasteiger partial charge in [0.1, 0.15) is 128 Å². The standard InChI is InChI=1S/C78H132N2O35/c1-3-4-5-6-7-8-9-10-11-12-17-22-30-48(84)54(87)47(80-53(86)32-23-18-13-15-20-27-44-33-35-46(104-2)36-34-44)42-107-75-61(94)56(89)55(88)51(110-75)43-105-38-26-19-14-16-21-28-45(83)29-24-25-31-52(85)79-37-39-106-74-63(96)59(92)67(49(40-81)108-74)112-78-66(99)69(65(98)71(115-78)73(102)103)113-76-64(97)60(93)68(50(41-82)109-76)111-77-62(95)57(90)58(91)70(114-77)72(100)101/h33-36,47-51,54-71,74-78,81-82,84,87-99H,3-32,37-43H2,1-2H3,(H,79,85)(H,80,86)(H,100,101)(H,102,103)/t47-,48+,49?,50?,51?,54-,55?,56?,57?,58?,59?,60?,61?,62?,63?,64?,65?,66?,67?,68?,69?,70?,71?,74?,75?,76?,77?,78?/m0/s1. The molecule has 0 saturated carbocycles. The van der Waals surface area contributed by atoms with E-state index in [0.29, 0.717) is 51.4 Å². The lowest BCUT2D eigenvalue weighted by Gasteiger charge is -2.48. The van der Waals surface area contributed by atoms with Crippen LogP contribution in [0.4, 0.5) is 0 Å². The Labute approximate surface area is 670 Å². The van der Waals surface area contributed by atoms with Crippen LogP contribution in [0.1, 0.15) is 199 Å². The summed E-state index contributed by atoms with van der Waals surface area (Å²) in [5, 5.41) is 198. The van der Waals surface area contributed by atoms with Gasteiger partial charge in [0.15, 0.2) is 43.7 Å². The molecule has 5 aliphatic rings. The van der Waals surface area contributed by atoms with Crippen LogP contribution in [0.5, 0.6) is 5.75 Å². The molecule has 6 rings (SSSR count). The molecule has 0 aliphatic carbocycles. The molecule has 664 valence electrons. The van der Waals surface area contributed by atoms with E-state index in [0.717, 1.165) is 82.8 Å². The third-order valence-corrected chi connectivity index (χ3v) is 21.6. The number of ketones is 1. The lowest BCUT2D eigenvalue weighted by atomic mass is 9.95. The van der Waals surface area contributed by atoms with Crippen molar-refractivity contribution in [2.75, 3.05) is 53.3 Å². The molecule has 0 spiro atoms. The maximum atomic E-state index is 13.4. The number of ether oxygens (including phenoxy) is 12. The minimum atomic E-state index is -2.32. The van der Waals surface area contributed by atoms with Crippen LogP contribution < -0.4 is 15.4 Å². The van der Waals surface area contributed by atoms with Gasteiger partial charge in [-0.1, -0.05) is 135 Å². The first-order chi connectivity index (χ1) is 55.1. The Bertz CT molecular complexity index is 2880. The van der Waals surface area contributed by atoms with Gasteiger partial charge in [0.25, 0.3) is 0 Å². The van der Waals surface area contributed by atoms with Gasteiger partial charge < -0.3 is 159 Å². The maximum Gasteiger partial charge on any atom is 0.335 e. The molecule has 5 aliphatic heterocycles. The topological polar surface area (TPSA) is 584 Å². The highest BCUT2D eigenvalue weighted by atomic mass is 16.8. The molecule has 2 amide bonds. The first-order valence-corrected chi connectivity index (χ1v) is 41.1. The molecular weight excluding hydrogens is 1520 g/mol. The molecule has 0 bridgehead atoms. The Hall–Kier alpha value is -4.51. The highest BCUT2D eigenvalue weighted by Crippen LogP contribution is 2.36. The van der Waals surface area contributed by atoms with Crippen LogP contribution in [0.3, 0.4) is 0 Å². The Balaban J connectivity index is 0.832. The molecular formula is C78H132N2O35. The summed E-state index contributed by atoms with van der Waals surface area (Å²) in [6.07, 6.45) is -27.0. The van der Waals surface area contributed by atoms with Gasteiger partial charge in [-0.05, 0) is 69.1 Å². The van der Waals surface area contributed by atoms with Crippen LogP contribution in [-0.4, -0.2) is 347 Å². The number of amides is 2. The van der Waals surface area contributed by atoms with Crippen LogP contribution in [0.2, 0.25) is 0 Å². The number of carbonyl (C=O) groups excluding carboxylic acids is 3. The highest BCUT2D eigenvalue weighted by molar-refractivity contribution is 5.79. The number of nitrogens with one attached hydrogen (secondary N) is 2. The molecule has 115 heavy (non-hydrogen) atoms. The van der Waals surface area contributed by atoms with Crippen LogP contribution >= 0.6 is 0 Å². The number of methoxy groups -OCH3 is 1. The number of rotatable bonds is 57. The maximum absolute atomic E-state index is 13.4. The lowest BCUT2D eigenvalue weighted by molar-refractivity contribution is -0.385.